The second-order valence-electron chi connectivity index (χ2n) is 12.4. The Balaban J connectivity index is 1.16. The number of hydrogen-bond donors (Lipinski definition) is 5. The lowest BCUT2D eigenvalue weighted by Gasteiger charge is -2.19. The topological polar surface area (TPSA) is 185 Å². The van der Waals surface area contributed by atoms with Gasteiger partial charge in [0.2, 0.25) is 17.7 Å². The fraction of sp³-hybridized carbons (Fsp3) is 0.306. The molecule has 3 aromatic carbocycles. The van der Waals surface area contributed by atoms with Crippen LogP contribution in [-0.2, 0) is 26.3 Å². The summed E-state index contributed by atoms with van der Waals surface area (Å²) in [5.74, 6) is -4.40. The molecule has 0 aliphatic heterocycles. The summed E-state index contributed by atoms with van der Waals surface area (Å²) in [5, 5.41) is 20.9. The zero-order valence-corrected chi connectivity index (χ0v) is 29.1. The van der Waals surface area contributed by atoms with E-state index in [4.69, 9.17) is 16.3 Å². The fourth-order valence-corrected chi connectivity index (χ4v) is 5.41. The third kappa shape index (κ3) is 11.3. The van der Waals surface area contributed by atoms with Gasteiger partial charge in [-0.2, -0.15) is 28.1 Å². The predicted octanol–water partition coefficient (Wildman–Crippen LogP) is 5.73. The number of hydrogen-bond acceptors (Lipinski definition) is 10. The number of amides is 2. The van der Waals surface area contributed by atoms with Crippen LogP contribution in [0.2, 0.25) is 5.02 Å². The van der Waals surface area contributed by atoms with Gasteiger partial charge in [0.15, 0.2) is 6.61 Å². The van der Waals surface area contributed by atoms with Gasteiger partial charge in [-0.15, -0.1) is 0 Å². The van der Waals surface area contributed by atoms with Crippen LogP contribution in [0.4, 0.5) is 35.1 Å². The van der Waals surface area contributed by atoms with Gasteiger partial charge in [-0.1, -0.05) is 41.9 Å². The number of carboxylic acids is 1. The van der Waals surface area contributed by atoms with Crippen LogP contribution in [-0.4, -0.2) is 69.0 Å². The lowest BCUT2D eigenvalue weighted by Crippen LogP contribution is -2.43. The highest BCUT2D eigenvalue weighted by Gasteiger charge is 2.45. The average molecular weight is 772 g/mol. The van der Waals surface area contributed by atoms with Crippen LogP contribution in [0.15, 0.2) is 72.8 Å². The van der Waals surface area contributed by atoms with Crippen molar-refractivity contribution < 1.29 is 46.6 Å². The molecule has 18 heteroatoms. The molecule has 4 aromatic rings. The number of ketones is 1. The van der Waals surface area contributed by atoms with E-state index >= 15 is 0 Å². The molecular formula is C36H34ClF4N7O6. The zero-order chi connectivity index (χ0) is 38.9. The Kier molecular flexibility index (Phi) is 12.6. The molecule has 284 valence electrons. The van der Waals surface area contributed by atoms with Gasteiger partial charge in [0.1, 0.15) is 11.9 Å². The van der Waals surface area contributed by atoms with Crippen molar-refractivity contribution in [3.8, 4) is 6.01 Å². The summed E-state index contributed by atoms with van der Waals surface area (Å²) in [4.78, 5) is 61.4. The van der Waals surface area contributed by atoms with Crippen molar-refractivity contribution in [1.82, 2.24) is 25.6 Å². The maximum atomic E-state index is 13.8. The molecule has 13 nitrogen and oxygen atoms in total. The van der Waals surface area contributed by atoms with E-state index in [9.17, 15) is 41.8 Å². The molecule has 1 fully saturated rings. The summed E-state index contributed by atoms with van der Waals surface area (Å²) in [6, 6.07) is 16.8. The quantitative estimate of drug-likeness (QED) is 0.0615. The summed E-state index contributed by atoms with van der Waals surface area (Å²) < 4.78 is 57.3. The molecule has 1 saturated carbocycles. The molecule has 1 atom stereocenters. The number of carboxylic acid groups (broad SMARTS) is 1. The van der Waals surface area contributed by atoms with E-state index in [1.54, 1.807) is 30.3 Å². The molecule has 0 radical (unpaired) electrons. The first-order valence-electron chi connectivity index (χ1n) is 16.6. The number of carbonyl (C=O) groups excluding carboxylic acids is 3. The summed E-state index contributed by atoms with van der Waals surface area (Å²) in [5.41, 5.74) is 1.11. The number of anilines is 3. The van der Waals surface area contributed by atoms with Crippen LogP contribution < -0.4 is 26.0 Å². The van der Waals surface area contributed by atoms with E-state index in [2.05, 4.69) is 36.2 Å². The number of aliphatic carboxylic acids is 1. The Morgan fingerprint density at radius 3 is 2.26 bits per heavy atom. The molecule has 2 amide bonds. The number of aromatic nitrogens is 3. The van der Waals surface area contributed by atoms with Crippen LogP contribution in [0.5, 0.6) is 6.01 Å². The number of alkyl halides is 3. The number of nitrogens with one attached hydrogen (secondary N) is 4. The van der Waals surface area contributed by atoms with Crippen molar-refractivity contribution in [3.63, 3.8) is 0 Å². The largest absolute Gasteiger partial charge is 0.480 e. The van der Waals surface area contributed by atoms with Crippen molar-refractivity contribution in [2.24, 2.45) is 0 Å². The third-order valence-corrected chi connectivity index (χ3v) is 8.52. The lowest BCUT2D eigenvalue weighted by molar-refractivity contribution is -0.154. The first kappa shape index (κ1) is 39.4. The maximum absolute atomic E-state index is 13.8. The van der Waals surface area contributed by atoms with Gasteiger partial charge in [0.05, 0.1) is 5.54 Å². The highest BCUT2D eigenvalue weighted by atomic mass is 35.5. The number of nitrogens with zero attached hydrogens (tertiary/aromatic N) is 3. The van der Waals surface area contributed by atoms with Crippen molar-refractivity contribution in [1.29, 1.82) is 0 Å². The van der Waals surface area contributed by atoms with E-state index in [0.717, 1.165) is 5.56 Å². The second-order valence-corrected chi connectivity index (χ2v) is 12.8. The summed E-state index contributed by atoms with van der Waals surface area (Å²) >= 11 is 6.01. The molecule has 1 aliphatic carbocycles. The highest BCUT2D eigenvalue weighted by molar-refractivity contribution is 6.36. The Morgan fingerprint density at radius 2 is 1.61 bits per heavy atom. The monoisotopic (exact) mass is 771 g/mol. The molecule has 0 spiro atoms. The average Bonchev–Trinajstić information content (AvgIpc) is 3.91. The van der Waals surface area contributed by atoms with Crippen LogP contribution >= 0.6 is 11.6 Å². The van der Waals surface area contributed by atoms with Gasteiger partial charge in [0.25, 0.3) is 11.8 Å². The van der Waals surface area contributed by atoms with Crippen LogP contribution in [0, 0.1) is 5.82 Å². The number of rotatable bonds is 18. The van der Waals surface area contributed by atoms with Crippen molar-refractivity contribution >= 4 is 52.8 Å². The van der Waals surface area contributed by atoms with Crippen LogP contribution in [0.3, 0.4) is 0 Å². The van der Waals surface area contributed by atoms with Crippen LogP contribution in [0.1, 0.15) is 53.6 Å². The predicted molar refractivity (Wildman–Crippen MR) is 188 cm³/mol. The number of carbonyl (C=O) groups is 4. The van der Waals surface area contributed by atoms with Gasteiger partial charge in [0, 0.05) is 29.2 Å². The number of benzene rings is 3. The van der Waals surface area contributed by atoms with Crippen LogP contribution in [0.25, 0.3) is 0 Å². The minimum Gasteiger partial charge on any atom is -0.480 e. The highest BCUT2D eigenvalue weighted by Crippen LogP contribution is 2.48. The lowest BCUT2D eigenvalue weighted by atomic mass is 10.1. The van der Waals surface area contributed by atoms with E-state index in [0.29, 0.717) is 29.1 Å². The molecular weight excluding hydrogens is 738 g/mol. The normalized spacial score (nSPS) is 13.6. The van der Waals surface area contributed by atoms with E-state index in [1.807, 2.05) is 12.1 Å². The fourth-order valence-electron chi connectivity index (χ4n) is 5.29. The Hall–Kier alpha value is -5.84. The minimum atomic E-state index is -4.65. The van der Waals surface area contributed by atoms with Gasteiger partial charge in [-0.3, -0.25) is 14.4 Å². The molecule has 54 heavy (non-hydrogen) atoms. The van der Waals surface area contributed by atoms with Gasteiger partial charge < -0.3 is 31.1 Å². The van der Waals surface area contributed by atoms with E-state index < -0.39 is 59.8 Å². The third-order valence-electron chi connectivity index (χ3n) is 8.26. The molecule has 0 saturated heterocycles. The molecule has 1 aliphatic rings. The summed E-state index contributed by atoms with van der Waals surface area (Å²) in [6.07, 6.45) is -3.11. The van der Waals surface area contributed by atoms with Crippen molar-refractivity contribution in [2.45, 2.75) is 56.3 Å². The van der Waals surface area contributed by atoms with Gasteiger partial charge >= 0.3 is 18.2 Å². The van der Waals surface area contributed by atoms with Crippen molar-refractivity contribution in [2.75, 3.05) is 23.8 Å². The number of halogens is 5. The molecule has 5 rings (SSSR count). The Labute approximate surface area is 310 Å². The second kappa shape index (κ2) is 17.3. The molecule has 0 bridgehead atoms. The first-order valence-corrected chi connectivity index (χ1v) is 17.0. The number of ether oxygens (including phenoxy) is 1. The van der Waals surface area contributed by atoms with E-state index in [1.165, 1.54) is 30.3 Å². The van der Waals surface area contributed by atoms with Gasteiger partial charge in [-0.05, 0) is 85.7 Å². The molecule has 1 heterocycles. The summed E-state index contributed by atoms with van der Waals surface area (Å²) in [7, 11) is 0. The number of aryl methyl sites for hydroxylation is 1. The first-order chi connectivity index (χ1) is 25.7. The summed E-state index contributed by atoms with van der Waals surface area (Å²) in [6.45, 7) is -1.86. The Bertz CT molecular complexity index is 1980. The SMILES string of the molecule is O=C(CCCc1ccccc1F)C(=O)NCC[C@H](NC(=O)c1ccc(Nc2nc(NC3(c4ccc(Cl)cc4)CC3)nc(OCC(F)(F)F)n2)cc1)C(=O)O. The zero-order valence-electron chi connectivity index (χ0n) is 28.4. The maximum Gasteiger partial charge on any atom is 0.422 e. The molecule has 5 N–H and O–H groups in total. The van der Waals surface area contributed by atoms with E-state index in [-0.39, 0.29) is 49.7 Å². The number of Topliss-reactive ketones (excluding diaryl/α,β-unsaturated/α-hetero) is 1. The molecule has 1 aromatic heterocycles. The van der Waals surface area contributed by atoms with Crippen molar-refractivity contribution in [3.05, 3.63) is 100 Å². The standard InChI is InChI=1S/C36H34ClF4N7O6/c37-24-12-10-23(11-13-24)35(17-18-35)48-33-45-32(46-34(47-33)54-20-36(39,40)41)43-25-14-8-22(9-15-25)29(50)44-27(31(52)53)16-19-42-30(51)28(49)7-3-5-21-4-1-2-6-26(21)38/h1-2,4,6,8-15,27H,3,5,7,16-20H2,(H,42,51)(H,44,50)(H,52,53)(H2,43,45,46,47,48)/t27-/m0/s1. The van der Waals surface area contributed by atoms with Gasteiger partial charge in [-0.25, -0.2) is 9.18 Å². The smallest absolute Gasteiger partial charge is 0.422 e. The minimum absolute atomic E-state index is 0.0480. The molecule has 0 unspecified atom stereocenters. The Morgan fingerprint density at radius 1 is 0.926 bits per heavy atom.